The Morgan fingerprint density at radius 1 is 1.35 bits per heavy atom. The number of rotatable bonds is 2. The molecule has 0 amide bonds. The van der Waals surface area contributed by atoms with Gasteiger partial charge in [0.2, 0.25) is 0 Å². The molecular weight excluding hydrogens is 230 g/mol. The Morgan fingerprint density at radius 2 is 2.06 bits per heavy atom. The molecule has 0 aliphatic heterocycles. The van der Waals surface area contributed by atoms with Crippen molar-refractivity contribution in [2.24, 2.45) is 0 Å². The zero-order valence-electron chi connectivity index (χ0n) is 10.2. The van der Waals surface area contributed by atoms with Crippen molar-refractivity contribution in [3.63, 3.8) is 0 Å². The molecule has 0 saturated heterocycles. The van der Waals surface area contributed by atoms with Crippen LogP contribution in [0.25, 0.3) is 0 Å². The Labute approximate surface area is 105 Å². The molecule has 0 unspecified atom stereocenters. The third-order valence-electron chi connectivity index (χ3n) is 3.09. The first kappa shape index (κ1) is 11.7. The third-order valence-corrected chi connectivity index (χ3v) is 4.08. The summed E-state index contributed by atoms with van der Waals surface area (Å²) in [5.74, 6) is 0.577. The number of hydrogen-bond donors (Lipinski definition) is 1. The maximum absolute atomic E-state index is 9.07. The van der Waals surface area contributed by atoms with E-state index in [9.17, 15) is 0 Å². The molecule has 0 atom stereocenters. The molecule has 2 rings (SSSR count). The summed E-state index contributed by atoms with van der Waals surface area (Å²) < 4.78 is 2.01. The van der Waals surface area contributed by atoms with E-state index in [1.54, 1.807) is 11.3 Å². The molecule has 3 nitrogen and oxygen atoms in total. The molecule has 0 aliphatic carbocycles. The Balaban J connectivity index is 2.44. The van der Waals surface area contributed by atoms with Gasteiger partial charge in [-0.1, -0.05) is 0 Å². The summed E-state index contributed by atoms with van der Waals surface area (Å²) in [7, 11) is 0. The third kappa shape index (κ3) is 1.94. The van der Waals surface area contributed by atoms with Gasteiger partial charge in [0.25, 0.3) is 0 Å². The van der Waals surface area contributed by atoms with E-state index in [1.165, 1.54) is 9.75 Å². The number of hydrogen-bond acceptors (Lipinski definition) is 3. The van der Waals surface area contributed by atoms with Gasteiger partial charge in [0.1, 0.15) is 11.9 Å². The summed E-state index contributed by atoms with van der Waals surface area (Å²) >= 11 is 1.76. The van der Waals surface area contributed by atoms with E-state index in [2.05, 4.69) is 25.1 Å². The summed E-state index contributed by atoms with van der Waals surface area (Å²) in [5, 5.41) is 9.07. The number of nitrogens with two attached hydrogens (primary N) is 1. The second-order valence-electron chi connectivity index (χ2n) is 4.18. The van der Waals surface area contributed by atoms with Gasteiger partial charge in [0, 0.05) is 15.4 Å². The van der Waals surface area contributed by atoms with Crippen molar-refractivity contribution >= 4 is 17.2 Å². The molecule has 0 spiro atoms. The quantitative estimate of drug-likeness (QED) is 0.884. The smallest absolute Gasteiger partial charge is 0.122 e. The monoisotopic (exact) mass is 245 g/mol. The van der Waals surface area contributed by atoms with Crippen LogP contribution in [0.3, 0.4) is 0 Å². The van der Waals surface area contributed by atoms with Crippen LogP contribution in [-0.4, -0.2) is 4.57 Å². The van der Waals surface area contributed by atoms with Crippen LogP contribution in [0.15, 0.2) is 12.1 Å². The maximum atomic E-state index is 9.07. The lowest BCUT2D eigenvalue weighted by atomic mass is 10.2. The first-order valence-corrected chi connectivity index (χ1v) is 6.26. The van der Waals surface area contributed by atoms with Crippen LogP contribution in [0.4, 0.5) is 5.82 Å². The van der Waals surface area contributed by atoms with E-state index in [0.29, 0.717) is 11.4 Å². The summed E-state index contributed by atoms with van der Waals surface area (Å²) in [6.45, 7) is 6.79. The van der Waals surface area contributed by atoms with E-state index >= 15 is 0 Å². The maximum Gasteiger partial charge on any atom is 0.122 e. The largest absolute Gasteiger partial charge is 0.384 e. The van der Waals surface area contributed by atoms with Crippen LogP contribution in [0.1, 0.15) is 26.6 Å². The molecule has 0 saturated carbocycles. The first-order valence-electron chi connectivity index (χ1n) is 5.45. The average Bonchev–Trinajstić information content (AvgIpc) is 2.78. The minimum absolute atomic E-state index is 0.577. The highest BCUT2D eigenvalue weighted by atomic mass is 32.1. The fourth-order valence-electron chi connectivity index (χ4n) is 1.96. The van der Waals surface area contributed by atoms with Gasteiger partial charge in [-0.15, -0.1) is 11.3 Å². The van der Waals surface area contributed by atoms with Gasteiger partial charge in [0.15, 0.2) is 0 Å². The lowest BCUT2D eigenvalue weighted by Gasteiger charge is -2.07. The van der Waals surface area contributed by atoms with Gasteiger partial charge in [0.05, 0.1) is 12.1 Å². The Morgan fingerprint density at radius 3 is 2.53 bits per heavy atom. The molecule has 4 heteroatoms. The molecule has 88 valence electrons. The van der Waals surface area contributed by atoms with Crippen molar-refractivity contribution < 1.29 is 0 Å². The zero-order chi connectivity index (χ0) is 12.6. The van der Waals surface area contributed by atoms with Gasteiger partial charge < -0.3 is 10.3 Å². The second-order valence-corrected chi connectivity index (χ2v) is 5.55. The molecule has 0 bridgehead atoms. The summed E-state index contributed by atoms with van der Waals surface area (Å²) in [4.78, 5) is 2.55. The Bertz CT molecular complexity index is 599. The van der Waals surface area contributed by atoms with Gasteiger partial charge in [-0.2, -0.15) is 5.26 Å². The topological polar surface area (TPSA) is 54.7 Å². The molecule has 0 aliphatic rings. The van der Waals surface area contributed by atoms with Crippen LogP contribution < -0.4 is 5.73 Å². The van der Waals surface area contributed by atoms with E-state index in [1.807, 2.05) is 18.4 Å². The van der Waals surface area contributed by atoms with E-state index in [4.69, 9.17) is 11.0 Å². The fraction of sp³-hybridized carbons (Fsp3) is 0.308. The predicted molar refractivity (Wildman–Crippen MR) is 71.2 cm³/mol. The van der Waals surface area contributed by atoms with Crippen LogP contribution in [-0.2, 0) is 6.54 Å². The molecule has 0 fully saturated rings. The number of anilines is 1. The lowest BCUT2D eigenvalue weighted by molar-refractivity contribution is 0.795. The second kappa shape index (κ2) is 4.27. The molecule has 2 aromatic rings. The normalized spacial score (nSPS) is 10.5. The molecule has 2 aromatic heterocycles. The minimum atomic E-state index is 0.577. The van der Waals surface area contributed by atoms with Crippen molar-refractivity contribution in [1.82, 2.24) is 4.57 Å². The van der Waals surface area contributed by atoms with Crippen molar-refractivity contribution in [2.75, 3.05) is 5.73 Å². The summed E-state index contributed by atoms with van der Waals surface area (Å²) in [5.41, 5.74) is 8.68. The van der Waals surface area contributed by atoms with Crippen molar-refractivity contribution in [1.29, 1.82) is 5.26 Å². The molecule has 0 aromatic carbocycles. The van der Waals surface area contributed by atoms with Gasteiger partial charge in [-0.25, -0.2) is 0 Å². The highest BCUT2D eigenvalue weighted by molar-refractivity contribution is 7.11. The molecule has 0 radical (unpaired) electrons. The number of nitriles is 1. The van der Waals surface area contributed by atoms with Gasteiger partial charge >= 0.3 is 0 Å². The van der Waals surface area contributed by atoms with Gasteiger partial charge in [-0.05, 0) is 38.5 Å². The average molecular weight is 245 g/mol. The Hall–Kier alpha value is -1.73. The SMILES string of the molecule is Cc1ccc(Cn2c(C)c(C)c(C#N)c2N)s1. The first-order chi connectivity index (χ1) is 8.04. The number of aromatic nitrogens is 1. The van der Waals surface area contributed by atoms with Crippen LogP contribution >= 0.6 is 11.3 Å². The van der Waals surface area contributed by atoms with Crippen LogP contribution in [0.5, 0.6) is 0 Å². The van der Waals surface area contributed by atoms with Crippen molar-refractivity contribution in [3.8, 4) is 6.07 Å². The van der Waals surface area contributed by atoms with Crippen molar-refractivity contribution in [3.05, 3.63) is 38.7 Å². The van der Waals surface area contributed by atoms with E-state index in [-0.39, 0.29) is 0 Å². The highest BCUT2D eigenvalue weighted by Crippen LogP contribution is 2.26. The standard InChI is InChI=1S/C13H15N3S/c1-8-4-5-11(17-8)7-16-10(3)9(2)12(6-14)13(16)15/h4-5H,7,15H2,1-3H3. The molecule has 2 N–H and O–H groups in total. The summed E-state index contributed by atoms with van der Waals surface area (Å²) in [6, 6.07) is 6.39. The van der Waals surface area contributed by atoms with Crippen LogP contribution in [0.2, 0.25) is 0 Å². The van der Waals surface area contributed by atoms with E-state index < -0.39 is 0 Å². The number of thiophene rings is 1. The number of nitrogens with zero attached hydrogens (tertiary/aromatic N) is 2. The van der Waals surface area contributed by atoms with Gasteiger partial charge in [-0.3, -0.25) is 0 Å². The molecule has 2 heterocycles. The molecular formula is C13H15N3S. The molecule has 17 heavy (non-hydrogen) atoms. The predicted octanol–water partition coefficient (Wildman–Crippen LogP) is 2.98. The number of aryl methyl sites for hydroxylation is 1. The number of nitrogen functional groups attached to an aromatic ring is 1. The minimum Gasteiger partial charge on any atom is -0.384 e. The lowest BCUT2D eigenvalue weighted by Crippen LogP contribution is -2.05. The zero-order valence-corrected chi connectivity index (χ0v) is 11.1. The Kier molecular flexibility index (Phi) is 2.95. The highest BCUT2D eigenvalue weighted by Gasteiger charge is 2.15. The van der Waals surface area contributed by atoms with Crippen molar-refractivity contribution in [2.45, 2.75) is 27.3 Å². The summed E-state index contributed by atoms with van der Waals surface area (Å²) in [6.07, 6.45) is 0. The fourth-order valence-corrected chi connectivity index (χ4v) is 2.84. The van der Waals surface area contributed by atoms with E-state index in [0.717, 1.165) is 17.8 Å². The van der Waals surface area contributed by atoms with Crippen LogP contribution in [0, 0.1) is 32.1 Å².